The van der Waals surface area contributed by atoms with Crippen LogP contribution >= 0.6 is 11.6 Å². The SMILES string of the molecule is CC(C)(C)c1ccccc1NC(=O)CCNCc1ccc(Cl)cc1. The van der Waals surface area contributed by atoms with Gasteiger partial charge in [0.1, 0.15) is 0 Å². The van der Waals surface area contributed by atoms with E-state index in [1.54, 1.807) is 0 Å². The number of anilines is 1. The van der Waals surface area contributed by atoms with Gasteiger partial charge in [0, 0.05) is 30.2 Å². The maximum Gasteiger partial charge on any atom is 0.225 e. The highest BCUT2D eigenvalue weighted by Gasteiger charge is 2.18. The van der Waals surface area contributed by atoms with E-state index in [-0.39, 0.29) is 11.3 Å². The zero-order valence-electron chi connectivity index (χ0n) is 14.5. The van der Waals surface area contributed by atoms with Crippen LogP contribution in [0.2, 0.25) is 5.02 Å². The van der Waals surface area contributed by atoms with Gasteiger partial charge in [0.15, 0.2) is 0 Å². The van der Waals surface area contributed by atoms with E-state index in [1.807, 2.05) is 42.5 Å². The Balaban J connectivity index is 1.81. The normalized spacial score (nSPS) is 11.3. The monoisotopic (exact) mass is 344 g/mol. The van der Waals surface area contributed by atoms with Crippen molar-refractivity contribution in [1.82, 2.24) is 5.32 Å². The first-order chi connectivity index (χ1) is 11.4. The molecule has 0 aliphatic carbocycles. The molecule has 3 nitrogen and oxygen atoms in total. The lowest BCUT2D eigenvalue weighted by Crippen LogP contribution is -2.23. The average Bonchev–Trinajstić information content (AvgIpc) is 2.53. The highest BCUT2D eigenvalue weighted by atomic mass is 35.5. The van der Waals surface area contributed by atoms with E-state index in [0.29, 0.717) is 13.0 Å². The summed E-state index contributed by atoms with van der Waals surface area (Å²) in [7, 11) is 0. The smallest absolute Gasteiger partial charge is 0.225 e. The predicted molar refractivity (Wildman–Crippen MR) is 102 cm³/mol. The number of hydrogen-bond donors (Lipinski definition) is 2. The summed E-state index contributed by atoms with van der Waals surface area (Å²) in [6.07, 6.45) is 0.437. The Morgan fingerprint density at radius 2 is 1.71 bits per heavy atom. The minimum atomic E-state index is -0.00327. The molecule has 0 saturated carbocycles. The molecule has 0 unspecified atom stereocenters. The second kappa shape index (κ2) is 8.32. The van der Waals surface area contributed by atoms with Gasteiger partial charge < -0.3 is 10.6 Å². The first kappa shape index (κ1) is 18.5. The number of benzene rings is 2. The molecule has 1 amide bonds. The molecule has 0 aliphatic rings. The van der Waals surface area contributed by atoms with Crippen molar-refractivity contribution in [3.63, 3.8) is 0 Å². The molecule has 0 aromatic heterocycles. The van der Waals surface area contributed by atoms with Crippen molar-refractivity contribution in [2.75, 3.05) is 11.9 Å². The topological polar surface area (TPSA) is 41.1 Å². The molecule has 2 aromatic rings. The van der Waals surface area contributed by atoms with Crippen molar-refractivity contribution in [2.24, 2.45) is 0 Å². The van der Waals surface area contributed by atoms with Gasteiger partial charge >= 0.3 is 0 Å². The maximum absolute atomic E-state index is 12.2. The van der Waals surface area contributed by atoms with E-state index in [2.05, 4.69) is 37.5 Å². The third-order valence-electron chi connectivity index (χ3n) is 3.78. The molecule has 0 bridgehead atoms. The average molecular weight is 345 g/mol. The molecule has 0 atom stereocenters. The molecule has 2 N–H and O–H groups in total. The van der Waals surface area contributed by atoms with Gasteiger partial charge in [-0.25, -0.2) is 0 Å². The van der Waals surface area contributed by atoms with Gasteiger partial charge in [-0.3, -0.25) is 4.79 Å². The fourth-order valence-electron chi connectivity index (χ4n) is 2.50. The lowest BCUT2D eigenvalue weighted by Gasteiger charge is -2.23. The predicted octanol–water partition coefficient (Wildman–Crippen LogP) is 4.76. The molecular weight excluding hydrogens is 320 g/mol. The van der Waals surface area contributed by atoms with Gasteiger partial charge in [-0.15, -0.1) is 0 Å². The van der Waals surface area contributed by atoms with Crippen LogP contribution in [0.5, 0.6) is 0 Å². The van der Waals surface area contributed by atoms with Crippen LogP contribution in [0, 0.1) is 0 Å². The number of rotatable bonds is 6. The summed E-state index contributed by atoms with van der Waals surface area (Å²) in [6, 6.07) is 15.7. The number of halogens is 1. The Bertz CT molecular complexity index is 675. The first-order valence-electron chi connectivity index (χ1n) is 8.21. The lowest BCUT2D eigenvalue weighted by atomic mass is 9.86. The van der Waals surface area contributed by atoms with Crippen molar-refractivity contribution in [3.8, 4) is 0 Å². The summed E-state index contributed by atoms with van der Waals surface area (Å²) in [4.78, 5) is 12.2. The standard InChI is InChI=1S/C20H25ClN2O/c1-20(2,3)17-6-4-5-7-18(17)23-19(24)12-13-22-14-15-8-10-16(21)11-9-15/h4-11,22H,12-14H2,1-3H3,(H,23,24). The lowest BCUT2D eigenvalue weighted by molar-refractivity contribution is -0.116. The summed E-state index contributed by atoms with van der Waals surface area (Å²) < 4.78 is 0. The molecule has 128 valence electrons. The minimum absolute atomic E-state index is 0.00327. The zero-order valence-corrected chi connectivity index (χ0v) is 15.3. The molecule has 0 aliphatic heterocycles. The summed E-state index contributed by atoms with van der Waals surface area (Å²) >= 11 is 5.86. The van der Waals surface area contributed by atoms with Crippen molar-refractivity contribution >= 4 is 23.2 Å². The Labute approximate surface area is 149 Å². The van der Waals surface area contributed by atoms with Gasteiger partial charge in [0.05, 0.1) is 0 Å². The van der Waals surface area contributed by atoms with Gasteiger partial charge in [-0.1, -0.05) is 62.7 Å². The van der Waals surface area contributed by atoms with Crippen molar-refractivity contribution in [1.29, 1.82) is 0 Å². The van der Waals surface area contributed by atoms with Gasteiger partial charge in [-0.2, -0.15) is 0 Å². The molecule has 4 heteroatoms. The van der Waals surface area contributed by atoms with E-state index in [9.17, 15) is 4.79 Å². The van der Waals surface area contributed by atoms with Crippen LogP contribution in [0.3, 0.4) is 0 Å². The number of carbonyl (C=O) groups excluding carboxylic acids is 1. The van der Waals surface area contributed by atoms with Gasteiger partial charge in [0.25, 0.3) is 0 Å². The molecular formula is C20H25ClN2O. The highest BCUT2D eigenvalue weighted by molar-refractivity contribution is 6.30. The number of amides is 1. The Hall–Kier alpha value is -1.84. The minimum Gasteiger partial charge on any atom is -0.326 e. The first-order valence-corrected chi connectivity index (χ1v) is 8.58. The van der Waals surface area contributed by atoms with E-state index in [4.69, 9.17) is 11.6 Å². The molecule has 2 rings (SSSR count). The van der Waals surface area contributed by atoms with Crippen LogP contribution < -0.4 is 10.6 Å². The van der Waals surface area contributed by atoms with Crippen LogP contribution in [0.1, 0.15) is 38.3 Å². The summed E-state index contributed by atoms with van der Waals surface area (Å²) in [5, 5.41) is 7.04. The number of para-hydroxylation sites is 1. The Morgan fingerprint density at radius 1 is 1.04 bits per heavy atom. The molecule has 0 spiro atoms. The molecule has 0 fully saturated rings. The molecule has 0 saturated heterocycles. The Morgan fingerprint density at radius 3 is 2.38 bits per heavy atom. The van der Waals surface area contributed by atoms with E-state index in [1.165, 1.54) is 0 Å². The highest BCUT2D eigenvalue weighted by Crippen LogP contribution is 2.29. The number of carbonyl (C=O) groups is 1. The van der Waals surface area contributed by atoms with Crippen LogP contribution in [0.25, 0.3) is 0 Å². The third kappa shape index (κ3) is 5.66. The van der Waals surface area contributed by atoms with Gasteiger partial charge in [0.2, 0.25) is 5.91 Å². The van der Waals surface area contributed by atoms with Gasteiger partial charge in [-0.05, 0) is 34.7 Å². The van der Waals surface area contributed by atoms with E-state index < -0.39 is 0 Å². The van der Waals surface area contributed by atoms with E-state index in [0.717, 1.165) is 28.4 Å². The van der Waals surface area contributed by atoms with Crippen LogP contribution in [0.15, 0.2) is 48.5 Å². The summed E-state index contributed by atoms with van der Waals surface area (Å²) in [5.74, 6) is 0.0234. The zero-order chi connectivity index (χ0) is 17.6. The number of nitrogens with one attached hydrogen (secondary N) is 2. The summed E-state index contributed by atoms with van der Waals surface area (Å²) in [5.41, 5.74) is 3.19. The van der Waals surface area contributed by atoms with E-state index >= 15 is 0 Å². The molecule has 0 radical (unpaired) electrons. The fourth-order valence-corrected chi connectivity index (χ4v) is 2.62. The van der Waals surface area contributed by atoms with Crippen LogP contribution in [-0.4, -0.2) is 12.5 Å². The molecule has 0 heterocycles. The maximum atomic E-state index is 12.2. The largest absolute Gasteiger partial charge is 0.326 e. The Kier molecular flexibility index (Phi) is 6.41. The molecule has 2 aromatic carbocycles. The third-order valence-corrected chi connectivity index (χ3v) is 4.03. The van der Waals surface area contributed by atoms with Crippen LogP contribution in [-0.2, 0) is 16.8 Å². The second-order valence-electron chi connectivity index (χ2n) is 6.90. The van der Waals surface area contributed by atoms with Crippen molar-refractivity contribution in [2.45, 2.75) is 39.2 Å². The fraction of sp³-hybridized carbons (Fsp3) is 0.350. The van der Waals surface area contributed by atoms with Crippen molar-refractivity contribution in [3.05, 3.63) is 64.7 Å². The quantitative estimate of drug-likeness (QED) is 0.742. The molecule has 24 heavy (non-hydrogen) atoms. The van der Waals surface area contributed by atoms with Crippen LogP contribution in [0.4, 0.5) is 5.69 Å². The number of hydrogen-bond acceptors (Lipinski definition) is 2. The van der Waals surface area contributed by atoms with Crippen molar-refractivity contribution < 1.29 is 4.79 Å². The summed E-state index contributed by atoms with van der Waals surface area (Å²) in [6.45, 7) is 7.79. The second-order valence-corrected chi connectivity index (χ2v) is 7.33.